The maximum atomic E-state index is 12.2. The van der Waals surface area contributed by atoms with E-state index >= 15 is 0 Å². The zero-order valence-corrected chi connectivity index (χ0v) is 12.9. The second-order valence-electron chi connectivity index (χ2n) is 4.41. The van der Waals surface area contributed by atoms with Crippen LogP contribution < -0.4 is 10.0 Å². The van der Waals surface area contributed by atoms with Crippen molar-refractivity contribution in [3.05, 3.63) is 29.3 Å². The van der Waals surface area contributed by atoms with E-state index in [9.17, 15) is 8.42 Å². The summed E-state index contributed by atoms with van der Waals surface area (Å²) in [6.07, 6.45) is 0. The zero-order valence-electron chi connectivity index (χ0n) is 12.0. The van der Waals surface area contributed by atoms with Crippen LogP contribution in [0, 0.1) is 13.8 Å². The lowest BCUT2D eigenvalue weighted by Crippen LogP contribution is -2.16. The monoisotopic (exact) mass is 311 g/mol. The van der Waals surface area contributed by atoms with Crippen LogP contribution in [-0.4, -0.2) is 30.1 Å². The average molecular weight is 311 g/mol. The minimum Gasteiger partial charge on any atom is -0.446 e. The number of nitrogens with zero attached hydrogens (tertiary/aromatic N) is 3. The summed E-state index contributed by atoms with van der Waals surface area (Å²) in [5.41, 5.74) is 1.25. The minimum absolute atomic E-state index is 0.0808. The van der Waals surface area contributed by atoms with Gasteiger partial charge in [-0.2, -0.15) is 13.5 Å². The highest BCUT2D eigenvalue weighted by Crippen LogP contribution is 2.16. The third-order valence-electron chi connectivity index (χ3n) is 2.77. The van der Waals surface area contributed by atoms with Gasteiger partial charge in [0.05, 0.1) is 17.9 Å². The van der Waals surface area contributed by atoms with Gasteiger partial charge in [-0.1, -0.05) is 6.92 Å². The maximum absolute atomic E-state index is 12.2. The Kier molecular flexibility index (Phi) is 4.53. The summed E-state index contributed by atoms with van der Waals surface area (Å²) in [6.45, 7) is 6.65. The van der Waals surface area contributed by atoms with Crippen LogP contribution in [0.15, 0.2) is 21.6 Å². The maximum Gasteiger partial charge on any atom is 0.297 e. The van der Waals surface area contributed by atoms with Gasteiger partial charge < -0.3 is 9.73 Å². The fraction of sp³-hybridized carbons (Fsp3) is 0.417. The SMILES string of the molecule is CCNCc1ccc(S(=O)(=O)Nc2nnc(C)c(C)n2)o1. The summed E-state index contributed by atoms with van der Waals surface area (Å²) in [7, 11) is -3.86. The Morgan fingerprint density at radius 1 is 1.19 bits per heavy atom. The number of anilines is 1. The van der Waals surface area contributed by atoms with Crippen LogP contribution in [0.4, 0.5) is 5.95 Å². The van der Waals surface area contributed by atoms with E-state index in [2.05, 4.69) is 25.2 Å². The number of nitrogens with one attached hydrogen (secondary N) is 2. The van der Waals surface area contributed by atoms with Gasteiger partial charge in [0.2, 0.25) is 5.09 Å². The van der Waals surface area contributed by atoms with Gasteiger partial charge in [-0.3, -0.25) is 0 Å². The molecule has 9 heteroatoms. The Morgan fingerprint density at radius 3 is 2.62 bits per heavy atom. The number of hydrogen-bond donors (Lipinski definition) is 2. The Hall–Kier alpha value is -2.00. The van der Waals surface area contributed by atoms with Gasteiger partial charge in [-0.05, 0) is 32.5 Å². The molecule has 2 rings (SSSR count). The topological polar surface area (TPSA) is 110 Å². The van der Waals surface area contributed by atoms with Crippen molar-refractivity contribution in [2.45, 2.75) is 32.4 Å². The van der Waals surface area contributed by atoms with Gasteiger partial charge in [0, 0.05) is 0 Å². The van der Waals surface area contributed by atoms with Gasteiger partial charge in [0.25, 0.3) is 16.0 Å². The Labute approximate surface area is 123 Å². The highest BCUT2D eigenvalue weighted by molar-refractivity contribution is 7.92. The normalized spacial score (nSPS) is 11.6. The third kappa shape index (κ3) is 3.76. The predicted molar refractivity (Wildman–Crippen MR) is 76.2 cm³/mol. The summed E-state index contributed by atoms with van der Waals surface area (Å²) < 4.78 is 31.8. The molecular weight excluding hydrogens is 294 g/mol. The lowest BCUT2D eigenvalue weighted by Gasteiger charge is -2.05. The highest BCUT2D eigenvalue weighted by Gasteiger charge is 2.20. The molecule has 21 heavy (non-hydrogen) atoms. The largest absolute Gasteiger partial charge is 0.446 e. The summed E-state index contributed by atoms with van der Waals surface area (Å²) in [5.74, 6) is 0.457. The van der Waals surface area contributed by atoms with Gasteiger partial charge >= 0.3 is 0 Å². The molecule has 114 valence electrons. The third-order valence-corrected chi connectivity index (χ3v) is 3.97. The fourth-order valence-corrected chi connectivity index (χ4v) is 2.41. The van der Waals surface area contributed by atoms with Crippen LogP contribution in [0.2, 0.25) is 0 Å². The van der Waals surface area contributed by atoms with Crippen LogP contribution >= 0.6 is 0 Å². The first-order chi connectivity index (χ1) is 9.92. The van der Waals surface area contributed by atoms with Crippen molar-refractivity contribution in [3.63, 3.8) is 0 Å². The molecule has 0 spiro atoms. The lowest BCUT2D eigenvalue weighted by atomic mass is 10.4. The van der Waals surface area contributed by atoms with Crippen LogP contribution in [0.25, 0.3) is 0 Å². The van der Waals surface area contributed by atoms with Crippen molar-refractivity contribution in [3.8, 4) is 0 Å². The van der Waals surface area contributed by atoms with E-state index in [-0.39, 0.29) is 11.0 Å². The van der Waals surface area contributed by atoms with Crippen molar-refractivity contribution in [1.29, 1.82) is 0 Å². The molecular formula is C12H17N5O3S. The predicted octanol–water partition coefficient (Wildman–Crippen LogP) is 0.992. The molecule has 2 aromatic heterocycles. The van der Waals surface area contributed by atoms with Crippen molar-refractivity contribution in [2.24, 2.45) is 0 Å². The molecule has 0 aliphatic carbocycles. The number of aromatic nitrogens is 3. The smallest absolute Gasteiger partial charge is 0.297 e. The molecule has 0 aliphatic heterocycles. The summed E-state index contributed by atoms with van der Waals surface area (Å²) in [4.78, 5) is 4.02. The molecule has 0 aliphatic rings. The highest BCUT2D eigenvalue weighted by atomic mass is 32.2. The second-order valence-corrected chi connectivity index (χ2v) is 6.03. The summed E-state index contributed by atoms with van der Waals surface area (Å²) in [6, 6.07) is 3.00. The Morgan fingerprint density at radius 2 is 1.95 bits per heavy atom. The molecule has 2 heterocycles. The molecule has 0 amide bonds. The van der Waals surface area contributed by atoms with E-state index in [1.54, 1.807) is 19.9 Å². The van der Waals surface area contributed by atoms with Crippen molar-refractivity contribution < 1.29 is 12.8 Å². The van der Waals surface area contributed by atoms with E-state index in [0.29, 0.717) is 23.7 Å². The molecule has 0 bridgehead atoms. The van der Waals surface area contributed by atoms with E-state index < -0.39 is 10.0 Å². The average Bonchev–Trinajstić information content (AvgIpc) is 2.90. The van der Waals surface area contributed by atoms with E-state index in [0.717, 1.165) is 6.54 Å². The number of sulfonamides is 1. The molecule has 2 N–H and O–H groups in total. The van der Waals surface area contributed by atoms with Crippen LogP contribution in [0.1, 0.15) is 24.1 Å². The number of furan rings is 1. The molecule has 0 aromatic carbocycles. The van der Waals surface area contributed by atoms with Gasteiger partial charge in [0.15, 0.2) is 0 Å². The quantitative estimate of drug-likeness (QED) is 0.818. The Balaban J connectivity index is 2.17. The van der Waals surface area contributed by atoms with Crippen LogP contribution in [0.3, 0.4) is 0 Å². The molecule has 2 aromatic rings. The lowest BCUT2D eigenvalue weighted by molar-refractivity contribution is 0.405. The minimum atomic E-state index is -3.86. The first-order valence-corrected chi connectivity index (χ1v) is 7.91. The molecule has 0 saturated carbocycles. The summed E-state index contributed by atoms with van der Waals surface area (Å²) >= 11 is 0. The zero-order chi connectivity index (χ0) is 15.5. The molecule has 8 nitrogen and oxygen atoms in total. The van der Waals surface area contributed by atoms with Crippen LogP contribution in [-0.2, 0) is 16.6 Å². The van der Waals surface area contributed by atoms with Crippen LogP contribution in [0.5, 0.6) is 0 Å². The first-order valence-electron chi connectivity index (χ1n) is 6.42. The molecule has 0 unspecified atom stereocenters. The van der Waals surface area contributed by atoms with Gasteiger partial charge in [-0.15, -0.1) is 5.10 Å². The molecule has 0 saturated heterocycles. The van der Waals surface area contributed by atoms with E-state index in [1.165, 1.54) is 6.07 Å². The summed E-state index contributed by atoms with van der Waals surface area (Å²) in [5, 5.41) is 10.4. The first kappa shape index (κ1) is 15.4. The molecule has 0 radical (unpaired) electrons. The molecule has 0 fully saturated rings. The number of aryl methyl sites for hydroxylation is 2. The number of rotatable bonds is 6. The standard InChI is InChI=1S/C12H17N5O3S/c1-4-13-7-10-5-6-11(20-10)21(18,19)17-12-14-8(2)9(3)15-16-12/h5-6,13H,4,7H2,1-3H3,(H,14,16,17). The van der Waals surface area contributed by atoms with Crippen molar-refractivity contribution in [1.82, 2.24) is 20.5 Å². The van der Waals surface area contributed by atoms with Crippen molar-refractivity contribution in [2.75, 3.05) is 11.3 Å². The Bertz CT molecular complexity index is 726. The van der Waals surface area contributed by atoms with Gasteiger partial charge in [0.1, 0.15) is 5.76 Å². The number of hydrogen-bond acceptors (Lipinski definition) is 7. The van der Waals surface area contributed by atoms with E-state index in [4.69, 9.17) is 4.42 Å². The second kappa shape index (κ2) is 6.19. The van der Waals surface area contributed by atoms with E-state index in [1.807, 2.05) is 6.92 Å². The molecule has 0 atom stereocenters. The fourth-order valence-electron chi connectivity index (χ4n) is 1.52. The van der Waals surface area contributed by atoms with Gasteiger partial charge in [-0.25, -0.2) is 9.71 Å². The van der Waals surface area contributed by atoms with Crippen molar-refractivity contribution >= 4 is 16.0 Å².